The lowest BCUT2D eigenvalue weighted by atomic mass is 10.1. The Kier molecular flexibility index (Phi) is 6.58. The van der Waals surface area contributed by atoms with Crippen molar-refractivity contribution in [2.75, 3.05) is 11.9 Å². The fraction of sp³-hybridized carbons (Fsp3) is 0.174. The third-order valence-electron chi connectivity index (χ3n) is 4.26. The average molecular weight is 391 g/mol. The number of unbranched alkanes of at least 4 members (excludes halogenated alkanes) is 1. The van der Waals surface area contributed by atoms with Crippen LogP contribution in [0.3, 0.4) is 0 Å². The molecule has 0 aliphatic carbocycles. The van der Waals surface area contributed by atoms with Gasteiger partial charge in [-0.15, -0.1) is 0 Å². The van der Waals surface area contributed by atoms with Crippen molar-refractivity contribution in [3.05, 3.63) is 82.2 Å². The Hall–Kier alpha value is -3.67. The standard InChI is InChI=1S/C23H21NO5/c1-2-3-14-28-23(27)17-8-4-6-10-19(17)24-21(25)13-12-16-15-29-20-11-7-5-9-18(20)22(16)26/h4-13,15H,2-3,14H2,1H3,(H,24,25)/b13-12+. The molecule has 148 valence electrons. The SMILES string of the molecule is CCCCOC(=O)c1ccccc1NC(=O)/C=C/c1coc2ccccc2c1=O. The maximum Gasteiger partial charge on any atom is 0.340 e. The maximum atomic E-state index is 12.5. The number of hydrogen-bond acceptors (Lipinski definition) is 5. The monoisotopic (exact) mass is 391 g/mol. The van der Waals surface area contributed by atoms with Crippen LogP contribution in [0.2, 0.25) is 0 Å². The van der Waals surface area contributed by atoms with Gasteiger partial charge in [-0.2, -0.15) is 0 Å². The summed E-state index contributed by atoms with van der Waals surface area (Å²) in [5.74, 6) is -0.972. The zero-order chi connectivity index (χ0) is 20.6. The quantitative estimate of drug-likeness (QED) is 0.366. The summed E-state index contributed by atoms with van der Waals surface area (Å²) in [7, 11) is 0. The number of fused-ring (bicyclic) bond motifs is 1. The molecule has 0 aliphatic heterocycles. The van der Waals surface area contributed by atoms with Crippen LogP contribution in [0, 0.1) is 0 Å². The summed E-state index contributed by atoms with van der Waals surface area (Å²) in [5.41, 5.74) is 1.13. The first-order chi connectivity index (χ1) is 14.1. The number of nitrogens with one attached hydrogen (secondary N) is 1. The number of para-hydroxylation sites is 2. The Bertz CT molecular complexity index is 1110. The highest BCUT2D eigenvalue weighted by Gasteiger charge is 2.13. The van der Waals surface area contributed by atoms with E-state index in [1.54, 1.807) is 48.5 Å². The molecular formula is C23H21NO5. The molecule has 1 amide bonds. The predicted molar refractivity (Wildman–Crippen MR) is 112 cm³/mol. The first kappa shape index (κ1) is 20.1. The first-order valence-electron chi connectivity index (χ1n) is 9.36. The van der Waals surface area contributed by atoms with Crippen molar-refractivity contribution in [3.63, 3.8) is 0 Å². The van der Waals surface area contributed by atoms with Gasteiger partial charge in [0.25, 0.3) is 0 Å². The van der Waals surface area contributed by atoms with Gasteiger partial charge in [0.15, 0.2) is 5.43 Å². The van der Waals surface area contributed by atoms with E-state index in [0.717, 1.165) is 12.8 Å². The number of ether oxygens (including phenoxy) is 1. The molecule has 1 heterocycles. The van der Waals surface area contributed by atoms with Crippen LogP contribution in [0.4, 0.5) is 5.69 Å². The minimum atomic E-state index is -0.492. The van der Waals surface area contributed by atoms with E-state index in [1.165, 1.54) is 18.4 Å². The Morgan fingerprint density at radius 3 is 2.69 bits per heavy atom. The van der Waals surface area contributed by atoms with E-state index < -0.39 is 11.9 Å². The van der Waals surface area contributed by atoms with Gasteiger partial charge in [-0.25, -0.2) is 4.79 Å². The smallest absolute Gasteiger partial charge is 0.340 e. The van der Waals surface area contributed by atoms with Crippen LogP contribution in [0.25, 0.3) is 17.0 Å². The van der Waals surface area contributed by atoms with Crippen LogP contribution in [0.15, 0.2) is 70.1 Å². The molecule has 0 unspecified atom stereocenters. The lowest BCUT2D eigenvalue weighted by Gasteiger charge is -2.09. The van der Waals surface area contributed by atoms with Crippen molar-refractivity contribution in [2.45, 2.75) is 19.8 Å². The third kappa shape index (κ3) is 4.99. The van der Waals surface area contributed by atoms with Gasteiger partial charge in [0, 0.05) is 6.08 Å². The molecule has 6 heteroatoms. The molecule has 2 aromatic carbocycles. The molecular weight excluding hydrogens is 370 g/mol. The average Bonchev–Trinajstić information content (AvgIpc) is 2.74. The summed E-state index contributed by atoms with van der Waals surface area (Å²) in [6, 6.07) is 13.5. The normalized spacial score (nSPS) is 10.9. The molecule has 0 fully saturated rings. The van der Waals surface area contributed by atoms with Crippen LogP contribution in [0.5, 0.6) is 0 Å². The Balaban J connectivity index is 1.74. The van der Waals surface area contributed by atoms with E-state index in [2.05, 4.69) is 5.32 Å². The van der Waals surface area contributed by atoms with Crippen molar-refractivity contribution in [2.24, 2.45) is 0 Å². The topological polar surface area (TPSA) is 85.6 Å². The van der Waals surface area contributed by atoms with Gasteiger partial charge in [-0.1, -0.05) is 37.6 Å². The molecule has 3 aromatic rings. The number of carbonyl (C=O) groups is 2. The summed E-state index contributed by atoms with van der Waals surface area (Å²) in [6.45, 7) is 2.33. The number of hydrogen-bond donors (Lipinski definition) is 1. The molecule has 0 spiro atoms. The fourth-order valence-electron chi connectivity index (χ4n) is 2.70. The van der Waals surface area contributed by atoms with E-state index in [9.17, 15) is 14.4 Å². The zero-order valence-corrected chi connectivity index (χ0v) is 16.0. The highest BCUT2D eigenvalue weighted by molar-refractivity contribution is 6.06. The van der Waals surface area contributed by atoms with E-state index in [4.69, 9.17) is 9.15 Å². The lowest BCUT2D eigenvalue weighted by molar-refractivity contribution is -0.111. The Morgan fingerprint density at radius 1 is 1.10 bits per heavy atom. The highest BCUT2D eigenvalue weighted by atomic mass is 16.5. The minimum absolute atomic E-state index is 0.226. The van der Waals surface area contributed by atoms with Gasteiger partial charge in [0.1, 0.15) is 11.8 Å². The maximum absolute atomic E-state index is 12.5. The molecule has 0 aliphatic rings. The molecule has 0 bridgehead atoms. The molecule has 0 radical (unpaired) electrons. The Labute approximate surface area is 167 Å². The van der Waals surface area contributed by atoms with Crippen LogP contribution >= 0.6 is 0 Å². The summed E-state index contributed by atoms with van der Waals surface area (Å²) in [4.78, 5) is 37.0. The van der Waals surface area contributed by atoms with Gasteiger partial charge in [-0.3, -0.25) is 9.59 Å². The van der Waals surface area contributed by atoms with Crippen LogP contribution in [0.1, 0.15) is 35.7 Å². The van der Waals surface area contributed by atoms with Crippen LogP contribution in [-0.4, -0.2) is 18.5 Å². The summed E-state index contributed by atoms with van der Waals surface area (Å²) in [5, 5.41) is 3.09. The van der Waals surface area contributed by atoms with Crippen molar-refractivity contribution >= 4 is 34.6 Å². The highest BCUT2D eigenvalue weighted by Crippen LogP contribution is 2.17. The molecule has 0 saturated heterocycles. The number of amides is 1. The van der Waals surface area contributed by atoms with Crippen molar-refractivity contribution in [1.29, 1.82) is 0 Å². The second-order valence-corrected chi connectivity index (χ2v) is 6.37. The fourth-order valence-corrected chi connectivity index (χ4v) is 2.70. The van der Waals surface area contributed by atoms with Crippen molar-refractivity contribution < 1.29 is 18.7 Å². The van der Waals surface area contributed by atoms with Crippen molar-refractivity contribution in [3.8, 4) is 0 Å². The lowest BCUT2D eigenvalue weighted by Crippen LogP contribution is -2.14. The number of anilines is 1. The minimum Gasteiger partial charge on any atom is -0.463 e. The van der Waals surface area contributed by atoms with Gasteiger partial charge >= 0.3 is 5.97 Å². The molecule has 6 nitrogen and oxygen atoms in total. The molecule has 3 rings (SSSR count). The third-order valence-corrected chi connectivity index (χ3v) is 4.26. The summed E-state index contributed by atoms with van der Waals surface area (Å²) in [6.07, 6.45) is 5.61. The van der Waals surface area contributed by atoms with Gasteiger partial charge in [0.2, 0.25) is 5.91 Å². The second-order valence-electron chi connectivity index (χ2n) is 6.37. The molecule has 1 N–H and O–H groups in total. The molecule has 1 aromatic heterocycles. The van der Waals surface area contributed by atoms with Crippen LogP contribution < -0.4 is 10.7 Å². The predicted octanol–water partition coefficient (Wildman–Crippen LogP) is 4.40. The second kappa shape index (κ2) is 9.50. The Morgan fingerprint density at radius 2 is 1.86 bits per heavy atom. The number of benzene rings is 2. The number of rotatable bonds is 7. The van der Waals surface area contributed by atoms with Gasteiger partial charge in [-0.05, 0) is 36.8 Å². The number of esters is 1. The van der Waals surface area contributed by atoms with Gasteiger partial charge in [0.05, 0.1) is 28.8 Å². The number of carbonyl (C=O) groups excluding carboxylic acids is 2. The van der Waals surface area contributed by atoms with Crippen LogP contribution in [-0.2, 0) is 9.53 Å². The summed E-state index contributed by atoms with van der Waals surface area (Å²) >= 11 is 0. The van der Waals surface area contributed by atoms with Gasteiger partial charge < -0.3 is 14.5 Å². The van der Waals surface area contributed by atoms with E-state index in [1.807, 2.05) is 6.92 Å². The largest absolute Gasteiger partial charge is 0.463 e. The molecule has 29 heavy (non-hydrogen) atoms. The molecule has 0 saturated carbocycles. The molecule has 0 atom stereocenters. The zero-order valence-electron chi connectivity index (χ0n) is 16.0. The summed E-state index contributed by atoms with van der Waals surface area (Å²) < 4.78 is 10.6. The van der Waals surface area contributed by atoms with E-state index in [-0.39, 0.29) is 16.6 Å². The van der Waals surface area contributed by atoms with Crippen molar-refractivity contribution in [1.82, 2.24) is 0 Å². The first-order valence-corrected chi connectivity index (χ1v) is 9.36. The van der Waals surface area contributed by atoms with E-state index in [0.29, 0.717) is 23.3 Å². The van der Waals surface area contributed by atoms with E-state index >= 15 is 0 Å².